The molecule has 0 aromatic rings. The molecule has 0 bridgehead atoms. The van der Waals surface area contributed by atoms with E-state index in [0.29, 0.717) is 6.42 Å². The van der Waals surface area contributed by atoms with Gasteiger partial charge in [0, 0.05) is 6.04 Å². The van der Waals surface area contributed by atoms with Crippen LogP contribution in [0.25, 0.3) is 0 Å². The molecule has 1 saturated heterocycles. The van der Waals surface area contributed by atoms with Crippen molar-refractivity contribution in [1.29, 1.82) is 0 Å². The summed E-state index contributed by atoms with van der Waals surface area (Å²) in [6, 6.07) is -0.876. The van der Waals surface area contributed by atoms with Crippen LogP contribution in [0, 0.1) is 0 Å². The van der Waals surface area contributed by atoms with Crippen LogP contribution in [0.3, 0.4) is 0 Å². The second kappa shape index (κ2) is 6.56. The lowest BCUT2D eigenvalue weighted by atomic mass is 9.94. The van der Waals surface area contributed by atoms with Crippen LogP contribution in [0.15, 0.2) is 0 Å². The summed E-state index contributed by atoms with van der Waals surface area (Å²) in [7, 11) is 2.68. The van der Waals surface area contributed by atoms with E-state index in [0.717, 1.165) is 19.3 Å². The molecule has 1 heterocycles. The molecule has 1 fully saturated rings. The predicted octanol–water partition coefficient (Wildman–Crippen LogP) is -0.439. The van der Waals surface area contributed by atoms with Crippen LogP contribution in [-0.2, 0) is 19.1 Å². The molecule has 0 radical (unpaired) electrons. The molecule has 0 spiro atoms. The Kier molecular flexibility index (Phi) is 5.37. The molecule has 98 valence electrons. The SMILES string of the molecule is COC(=O)[C@@H]1CCC[C@H](C[C@H](N)C(=O)OC)N1. The Morgan fingerprint density at radius 1 is 1.35 bits per heavy atom. The van der Waals surface area contributed by atoms with Gasteiger partial charge in [-0.3, -0.25) is 9.59 Å². The summed E-state index contributed by atoms with van der Waals surface area (Å²) < 4.78 is 9.25. The second-order valence-corrected chi connectivity index (χ2v) is 4.24. The summed E-state index contributed by atoms with van der Waals surface area (Å²) in [4.78, 5) is 22.6. The summed E-state index contributed by atoms with van der Waals surface area (Å²) in [6.45, 7) is 0. The number of ether oxygens (including phenoxy) is 2. The average Bonchev–Trinajstić information content (AvgIpc) is 2.37. The Bertz CT molecular complexity index is 281. The van der Waals surface area contributed by atoms with E-state index in [1.54, 1.807) is 0 Å². The van der Waals surface area contributed by atoms with E-state index in [9.17, 15) is 9.59 Å². The molecule has 6 nitrogen and oxygen atoms in total. The first-order valence-electron chi connectivity index (χ1n) is 5.75. The number of esters is 2. The molecule has 0 unspecified atom stereocenters. The van der Waals surface area contributed by atoms with E-state index >= 15 is 0 Å². The quantitative estimate of drug-likeness (QED) is 0.652. The Hall–Kier alpha value is -1.14. The molecule has 17 heavy (non-hydrogen) atoms. The van der Waals surface area contributed by atoms with Crippen LogP contribution in [0.5, 0.6) is 0 Å². The Labute approximate surface area is 101 Å². The van der Waals surface area contributed by atoms with Gasteiger partial charge in [0.1, 0.15) is 12.1 Å². The molecule has 6 heteroatoms. The van der Waals surface area contributed by atoms with Crippen molar-refractivity contribution in [1.82, 2.24) is 5.32 Å². The average molecular weight is 244 g/mol. The molecule has 0 aliphatic carbocycles. The fraction of sp³-hybridized carbons (Fsp3) is 0.818. The molecule has 0 amide bonds. The van der Waals surface area contributed by atoms with E-state index in [1.165, 1.54) is 14.2 Å². The molecule has 3 N–H and O–H groups in total. The first-order valence-corrected chi connectivity index (χ1v) is 5.75. The van der Waals surface area contributed by atoms with Gasteiger partial charge in [0.25, 0.3) is 0 Å². The number of carbonyl (C=O) groups excluding carboxylic acids is 2. The van der Waals surface area contributed by atoms with Crippen molar-refractivity contribution in [3.05, 3.63) is 0 Å². The highest BCUT2D eigenvalue weighted by molar-refractivity contribution is 5.76. The van der Waals surface area contributed by atoms with Gasteiger partial charge in [-0.15, -0.1) is 0 Å². The van der Waals surface area contributed by atoms with E-state index < -0.39 is 12.0 Å². The van der Waals surface area contributed by atoms with Crippen molar-refractivity contribution in [2.24, 2.45) is 5.73 Å². The fourth-order valence-electron chi connectivity index (χ4n) is 2.09. The maximum atomic E-state index is 11.4. The molecule has 1 rings (SSSR count). The van der Waals surface area contributed by atoms with Gasteiger partial charge in [-0.1, -0.05) is 0 Å². The van der Waals surface area contributed by atoms with Crippen LogP contribution in [0.1, 0.15) is 25.7 Å². The van der Waals surface area contributed by atoms with Gasteiger partial charge in [0.2, 0.25) is 0 Å². The highest BCUT2D eigenvalue weighted by Gasteiger charge is 2.29. The Morgan fingerprint density at radius 3 is 2.65 bits per heavy atom. The van der Waals surface area contributed by atoms with Crippen LogP contribution in [0.4, 0.5) is 0 Å². The van der Waals surface area contributed by atoms with Gasteiger partial charge >= 0.3 is 11.9 Å². The van der Waals surface area contributed by atoms with Crippen molar-refractivity contribution in [3.63, 3.8) is 0 Å². The molecule has 3 atom stereocenters. The smallest absolute Gasteiger partial charge is 0.322 e. The monoisotopic (exact) mass is 244 g/mol. The van der Waals surface area contributed by atoms with E-state index in [-0.39, 0.29) is 18.1 Å². The molecule has 0 aromatic heterocycles. The van der Waals surface area contributed by atoms with Crippen LogP contribution >= 0.6 is 0 Å². The molecular weight excluding hydrogens is 224 g/mol. The minimum atomic E-state index is -0.645. The Morgan fingerprint density at radius 2 is 2.06 bits per heavy atom. The van der Waals surface area contributed by atoms with Gasteiger partial charge < -0.3 is 20.5 Å². The topological polar surface area (TPSA) is 90.7 Å². The Balaban J connectivity index is 2.44. The number of nitrogens with two attached hydrogens (primary N) is 1. The normalized spacial score (nSPS) is 26.1. The standard InChI is InChI=1S/C11H20N2O4/c1-16-10(14)8(12)6-7-4-3-5-9(13-7)11(15)17-2/h7-9,13H,3-6,12H2,1-2H3/t7-,8+,9+/m1/s1. The third-order valence-corrected chi connectivity index (χ3v) is 3.01. The van der Waals surface area contributed by atoms with Crippen molar-refractivity contribution in [3.8, 4) is 0 Å². The lowest BCUT2D eigenvalue weighted by Gasteiger charge is -2.30. The third-order valence-electron chi connectivity index (χ3n) is 3.01. The van der Waals surface area contributed by atoms with Crippen molar-refractivity contribution in [2.75, 3.05) is 14.2 Å². The highest BCUT2D eigenvalue weighted by Crippen LogP contribution is 2.17. The summed E-state index contributed by atoms with van der Waals surface area (Å²) in [5.41, 5.74) is 5.68. The van der Waals surface area contributed by atoms with Gasteiger partial charge in [-0.25, -0.2) is 0 Å². The predicted molar refractivity (Wildman–Crippen MR) is 61.2 cm³/mol. The van der Waals surface area contributed by atoms with Gasteiger partial charge in [-0.05, 0) is 25.7 Å². The van der Waals surface area contributed by atoms with Crippen LogP contribution < -0.4 is 11.1 Å². The lowest BCUT2D eigenvalue weighted by molar-refractivity contribution is -0.144. The minimum Gasteiger partial charge on any atom is -0.468 e. The van der Waals surface area contributed by atoms with Gasteiger partial charge in [0.15, 0.2) is 0 Å². The zero-order valence-electron chi connectivity index (χ0n) is 10.3. The molecule has 1 aliphatic heterocycles. The highest BCUT2D eigenvalue weighted by atomic mass is 16.5. The van der Waals surface area contributed by atoms with E-state index in [4.69, 9.17) is 5.73 Å². The summed E-state index contributed by atoms with van der Waals surface area (Å²) in [6.07, 6.45) is 3.06. The van der Waals surface area contributed by atoms with Gasteiger partial charge in [-0.2, -0.15) is 0 Å². The van der Waals surface area contributed by atoms with Gasteiger partial charge in [0.05, 0.1) is 14.2 Å². The number of nitrogens with one attached hydrogen (secondary N) is 1. The number of methoxy groups -OCH3 is 2. The van der Waals surface area contributed by atoms with Crippen LogP contribution in [0.2, 0.25) is 0 Å². The molecule has 1 aliphatic rings. The van der Waals surface area contributed by atoms with Crippen molar-refractivity contribution < 1.29 is 19.1 Å². The lowest BCUT2D eigenvalue weighted by Crippen LogP contribution is -2.50. The second-order valence-electron chi connectivity index (χ2n) is 4.24. The largest absolute Gasteiger partial charge is 0.468 e. The zero-order valence-corrected chi connectivity index (χ0v) is 10.3. The third kappa shape index (κ3) is 3.98. The maximum Gasteiger partial charge on any atom is 0.322 e. The maximum absolute atomic E-state index is 11.4. The summed E-state index contributed by atoms with van der Waals surface area (Å²) >= 11 is 0. The number of hydrogen-bond donors (Lipinski definition) is 2. The van der Waals surface area contributed by atoms with E-state index in [2.05, 4.69) is 14.8 Å². The zero-order chi connectivity index (χ0) is 12.8. The fourth-order valence-corrected chi connectivity index (χ4v) is 2.09. The molecular formula is C11H20N2O4. The van der Waals surface area contributed by atoms with Crippen molar-refractivity contribution in [2.45, 2.75) is 43.8 Å². The first-order chi connectivity index (χ1) is 8.08. The number of carbonyl (C=O) groups is 2. The minimum absolute atomic E-state index is 0.0574. The van der Waals surface area contributed by atoms with E-state index in [1.807, 2.05) is 0 Å². The number of hydrogen-bond acceptors (Lipinski definition) is 6. The number of rotatable bonds is 4. The molecule has 0 aromatic carbocycles. The van der Waals surface area contributed by atoms with Crippen molar-refractivity contribution >= 4 is 11.9 Å². The summed E-state index contributed by atoms with van der Waals surface area (Å²) in [5.74, 6) is -0.687. The van der Waals surface area contributed by atoms with Crippen LogP contribution in [-0.4, -0.2) is 44.3 Å². The molecule has 0 saturated carbocycles. The first kappa shape index (κ1) is 13.9. The number of piperidine rings is 1. The summed E-state index contributed by atoms with van der Waals surface area (Å²) in [5, 5.41) is 3.15.